The van der Waals surface area contributed by atoms with E-state index in [1.54, 1.807) is 19.4 Å². The Labute approximate surface area is 121 Å². The Bertz CT molecular complexity index is 747. The second-order valence-corrected chi connectivity index (χ2v) is 4.59. The Morgan fingerprint density at radius 2 is 1.95 bits per heavy atom. The largest absolute Gasteiger partial charge is 0.494 e. The monoisotopic (exact) mass is 285 g/mol. The normalized spacial score (nSPS) is 10.5. The van der Waals surface area contributed by atoms with Crippen molar-refractivity contribution in [2.45, 2.75) is 0 Å². The summed E-state index contributed by atoms with van der Waals surface area (Å²) in [6.07, 6.45) is 1.72. The van der Waals surface area contributed by atoms with Crippen LogP contribution in [0.5, 0.6) is 5.75 Å². The maximum atomic E-state index is 6.17. The lowest BCUT2D eigenvalue weighted by molar-refractivity contribution is 0.419. The molecular weight excluding hydrogens is 274 g/mol. The molecule has 2 aromatic heterocycles. The van der Waals surface area contributed by atoms with Gasteiger partial charge in [0.1, 0.15) is 22.9 Å². The van der Waals surface area contributed by atoms with E-state index in [1.165, 1.54) is 0 Å². The van der Waals surface area contributed by atoms with Crippen molar-refractivity contribution in [2.24, 2.45) is 0 Å². The Kier molecular flexibility index (Phi) is 3.39. The molecule has 0 bridgehead atoms. The van der Waals surface area contributed by atoms with Crippen molar-refractivity contribution in [3.05, 3.63) is 53.7 Å². The molecule has 1 N–H and O–H groups in total. The van der Waals surface area contributed by atoms with Gasteiger partial charge < -0.3 is 10.1 Å². The van der Waals surface area contributed by atoms with Crippen molar-refractivity contribution in [2.75, 3.05) is 12.4 Å². The van der Waals surface area contributed by atoms with Gasteiger partial charge in [0.15, 0.2) is 0 Å². The number of pyridine rings is 2. The van der Waals surface area contributed by atoms with E-state index in [0.29, 0.717) is 16.6 Å². The van der Waals surface area contributed by atoms with E-state index >= 15 is 0 Å². The third kappa shape index (κ3) is 2.38. The molecule has 5 heteroatoms. The van der Waals surface area contributed by atoms with Gasteiger partial charge in [0.05, 0.1) is 12.1 Å². The molecule has 1 aromatic carbocycles. The van der Waals surface area contributed by atoms with Crippen molar-refractivity contribution < 1.29 is 4.74 Å². The second-order valence-electron chi connectivity index (χ2n) is 4.18. The van der Waals surface area contributed by atoms with Gasteiger partial charge in [-0.15, -0.1) is 0 Å². The number of anilines is 2. The van der Waals surface area contributed by atoms with E-state index in [9.17, 15) is 0 Å². The van der Waals surface area contributed by atoms with Crippen LogP contribution < -0.4 is 10.1 Å². The number of aromatic nitrogens is 2. The molecule has 0 unspecified atom stereocenters. The first kappa shape index (κ1) is 12.7. The molecule has 0 aliphatic heterocycles. The molecule has 2 heterocycles. The fraction of sp³-hybridized carbons (Fsp3) is 0.0667. The molecule has 3 rings (SSSR count). The van der Waals surface area contributed by atoms with Crippen LogP contribution in [-0.4, -0.2) is 17.1 Å². The molecule has 3 aromatic rings. The average Bonchev–Trinajstić information content (AvgIpc) is 2.49. The van der Waals surface area contributed by atoms with E-state index < -0.39 is 0 Å². The van der Waals surface area contributed by atoms with Crippen molar-refractivity contribution in [1.29, 1.82) is 0 Å². The molecule has 0 amide bonds. The molecule has 0 fully saturated rings. The second kappa shape index (κ2) is 5.35. The molecule has 0 aliphatic rings. The SMILES string of the molecule is COc1ccc(Cl)c2ccc(Nc3ccccn3)nc12. The van der Waals surface area contributed by atoms with Crippen LogP contribution in [0.1, 0.15) is 0 Å². The van der Waals surface area contributed by atoms with Crippen LogP contribution in [-0.2, 0) is 0 Å². The Morgan fingerprint density at radius 1 is 1.05 bits per heavy atom. The van der Waals surface area contributed by atoms with Crippen LogP contribution in [0.3, 0.4) is 0 Å². The van der Waals surface area contributed by atoms with Gasteiger partial charge in [0.2, 0.25) is 0 Å². The van der Waals surface area contributed by atoms with Gasteiger partial charge in [0.25, 0.3) is 0 Å². The summed E-state index contributed by atoms with van der Waals surface area (Å²) in [7, 11) is 1.61. The molecule has 0 saturated heterocycles. The number of halogens is 1. The molecule has 0 atom stereocenters. The summed E-state index contributed by atoms with van der Waals surface area (Å²) in [5.74, 6) is 2.12. The number of hydrogen-bond acceptors (Lipinski definition) is 4. The molecule has 0 spiro atoms. The van der Waals surface area contributed by atoms with E-state index in [4.69, 9.17) is 16.3 Å². The van der Waals surface area contributed by atoms with E-state index in [1.807, 2.05) is 36.4 Å². The smallest absolute Gasteiger partial charge is 0.145 e. The molecule has 0 saturated carbocycles. The van der Waals surface area contributed by atoms with Crippen LogP contribution in [0.4, 0.5) is 11.6 Å². The highest BCUT2D eigenvalue weighted by Gasteiger charge is 2.08. The van der Waals surface area contributed by atoms with Gasteiger partial charge in [-0.3, -0.25) is 0 Å². The summed E-state index contributed by atoms with van der Waals surface area (Å²) in [5, 5.41) is 4.66. The lowest BCUT2D eigenvalue weighted by Crippen LogP contribution is -1.96. The van der Waals surface area contributed by atoms with Gasteiger partial charge in [0, 0.05) is 11.6 Å². The van der Waals surface area contributed by atoms with Crippen molar-refractivity contribution in [1.82, 2.24) is 9.97 Å². The summed E-state index contributed by atoms with van der Waals surface area (Å²) >= 11 is 6.17. The van der Waals surface area contributed by atoms with E-state index in [2.05, 4.69) is 15.3 Å². The van der Waals surface area contributed by atoms with E-state index in [-0.39, 0.29) is 0 Å². The van der Waals surface area contributed by atoms with Crippen LogP contribution in [0.15, 0.2) is 48.7 Å². The highest BCUT2D eigenvalue weighted by atomic mass is 35.5. The van der Waals surface area contributed by atoms with Crippen LogP contribution in [0.25, 0.3) is 10.9 Å². The fourth-order valence-electron chi connectivity index (χ4n) is 1.96. The summed E-state index contributed by atoms with van der Waals surface area (Å²) in [6.45, 7) is 0. The minimum Gasteiger partial charge on any atom is -0.494 e. The number of nitrogens with one attached hydrogen (secondary N) is 1. The van der Waals surface area contributed by atoms with Crippen LogP contribution >= 0.6 is 11.6 Å². The van der Waals surface area contributed by atoms with Gasteiger partial charge in [-0.05, 0) is 36.4 Å². The number of methoxy groups -OCH3 is 1. The number of hydrogen-bond donors (Lipinski definition) is 1. The quantitative estimate of drug-likeness (QED) is 0.789. The molecule has 0 aliphatic carbocycles. The van der Waals surface area contributed by atoms with Gasteiger partial charge in [-0.1, -0.05) is 17.7 Å². The summed E-state index contributed by atoms with van der Waals surface area (Å²) in [6, 6.07) is 13.0. The average molecular weight is 286 g/mol. The Morgan fingerprint density at radius 3 is 2.70 bits per heavy atom. The maximum Gasteiger partial charge on any atom is 0.145 e. The Hall–Kier alpha value is -2.33. The van der Waals surface area contributed by atoms with Gasteiger partial charge in [-0.25, -0.2) is 9.97 Å². The molecular formula is C15H12ClN3O. The van der Waals surface area contributed by atoms with Gasteiger partial charge >= 0.3 is 0 Å². The topological polar surface area (TPSA) is 47.0 Å². The van der Waals surface area contributed by atoms with Crippen molar-refractivity contribution in [3.8, 4) is 5.75 Å². The lowest BCUT2D eigenvalue weighted by Gasteiger charge is -2.09. The third-order valence-corrected chi connectivity index (χ3v) is 3.24. The predicted octanol–water partition coefficient (Wildman–Crippen LogP) is 4.04. The van der Waals surface area contributed by atoms with E-state index in [0.717, 1.165) is 16.7 Å². The van der Waals surface area contributed by atoms with Crippen LogP contribution in [0.2, 0.25) is 5.02 Å². The minimum absolute atomic E-state index is 0.651. The molecule has 20 heavy (non-hydrogen) atoms. The molecule has 4 nitrogen and oxygen atoms in total. The number of benzene rings is 1. The minimum atomic E-state index is 0.651. The predicted molar refractivity (Wildman–Crippen MR) is 80.8 cm³/mol. The first-order valence-corrected chi connectivity index (χ1v) is 6.47. The zero-order valence-electron chi connectivity index (χ0n) is 10.8. The summed E-state index contributed by atoms with van der Waals surface area (Å²) in [5.41, 5.74) is 0.723. The first-order valence-electron chi connectivity index (χ1n) is 6.09. The standard InChI is InChI=1S/C15H12ClN3O/c1-20-12-7-6-11(16)10-5-8-14(19-15(10)12)18-13-4-2-3-9-17-13/h2-9H,1H3,(H,17,18,19). The third-order valence-electron chi connectivity index (χ3n) is 2.91. The number of nitrogens with zero attached hydrogens (tertiary/aromatic N) is 2. The van der Waals surface area contributed by atoms with Gasteiger partial charge in [-0.2, -0.15) is 0 Å². The molecule has 100 valence electrons. The summed E-state index contributed by atoms with van der Waals surface area (Å²) < 4.78 is 5.32. The number of rotatable bonds is 3. The highest BCUT2D eigenvalue weighted by molar-refractivity contribution is 6.35. The van der Waals surface area contributed by atoms with Crippen LogP contribution in [0, 0.1) is 0 Å². The highest BCUT2D eigenvalue weighted by Crippen LogP contribution is 2.31. The molecule has 0 radical (unpaired) electrons. The summed E-state index contributed by atoms with van der Waals surface area (Å²) in [4.78, 5) is 8.75. The van der Waals surface area contributed by atoms with Crippen molar-refractivity contribution >= 4 is 34.1 Å². The van der Waals surface area contributed by atoms with Crippen molar-refractivity contribution in [3.63, 3.8) is 0 Å². The first-order chi connectivity index (χ1) is 9.78. The number of fused-ring (bicyclic) bond motifs is 1. The lowest BCUT2D eigenvalue weighted by atomic mass is 10.2. The Balaban J connectivity index is 2.06. The zero-order chi connectivity index (χ0) is 13.9. The maximum absolute atomic E-state index is 6.17. The fourth-order valence-corrected chi connectivity index (χ4v) is 2.18. The zero-order valence-corrected chi connectivity index (χ0v) is 11.6. The number of ether oxygens (including phenoxy) is 1.